The second kappa shape index (κ2) is 5.46. The van der Waals surface area contributed by atoms with E-state index in [2.05, 4.69) is 36.1 Å². The van der Waals surface area contributed by atoms with Crippen LogP contribution in [0.5, 0.6) is 0 Å². The number of hydrogen-bond acceptors (Lipinski definition) is 2. The Bertz CT molecular complexity index is 312. The topological polar surface area (TPSA) is 23.5 Å². The Balaban J connectivity index is 2.16. The van der Waals surface area contributed by atoms with E-state index in [0.717, 1.165) is 6.54 Å². The Morgan fingerprint density at radius 2 is 2.12 bits per heavy atom. The van der Waals surface area contributed by atoms with Crippen LogP contribution in [0.4, 0.5) is 0 Å². The third-order valence-electron chi connectivity index (χ3n) is 3.65. The van der Waals surface area contributed by atoms with E-state index in [1.54, 1.807) is 0 Å². The molecule has 1 aromatic carbocycles. The quantitative estimate of drug-likeness (QED) is 0.841. The van der Waals surface area contributed by atoms with Crippen molar-refractivity contribution in [3.63, 3.8) is 0 Å². The summed E-state index contributed by atoms with van der Waals surface area (Å²) in [5, 5.41) is 9.61. The van der Waals surface area contributed by atoms with Crippen LogP contribution in [0.1, 0.15) is 37.8 Å². The zero-order valence-electron chi connectivity index (χ0n) is 9.97. The van der Waals surface area contributed by atoms with Crippen LogP contribution in [0.15, 0.2) is 30.3 Å². The van der Waals surface area contributed by atoms with E-state index in [1.807, 2.05) is 6.07 Å². The van der Waals surface area contributed by atoms with Crippen LogP contribution in [0.3, 0.4) is 0 Å². The molecule has 88 valence electrons. The molecule has 2 atom stereocenters. The van der Waals surface area contributed by atoms with Crippen molar-refractivity contribution in [2.75, 3.05) is 13.2 Å². The van der Waals surface area contributed by atoms with Crippen LogP contribution in [0.2, 0.25) is 0 Å². The van der Waals surface area contributed by atoms with Gasteiger partial charge in [-0.1, -0.05) is 37.3 Å². The van der Waals surface area contributed by atoms with E-state index in [1.165, 1.54) is 24.8 Å². The number of nitrogens with zero attached hydrogens (tertiary/aromatic N) is 1. The van der Waals surface area contributed by atoms with E-state index in [-0.39, 0.29) is 12.6 Å². The van der Waals surface area contributed by atoms with Gasteiger partial charge in [0.1, 0.15) is 0 Å². The Morgan fingerprint density at radius 3 is 2.75 bits per heavy atom. The third-order valence-corrected chi connectivity index (χ3v) is 3.65. The lowest BCUT2D eigenvalue weighted by atomic mass is 10.0. The molecule has 1 aliphatic heterocycles. The van der Waals surface area contributed by atoms with E-state index >= 15 is 0 Å². The maximum Gasteiger partial charge on any atom is 0.0628 e. The molecule has 0 aliphatic carbocycles. The molecule has 2 heteroatoms. The average molecular weight is 219 g/mol. The van der Waals surface area contributed by atoms with Gasteiger partial charge in [-0.2, -0.15) is 0 Å². The molecule has 1 N–H and O–H groups in total. The van der Waals surface area contributed by atoms with Gasteiger partial charge in [0.2, 0.25) is 0 Å². The van der Waals surface area contributed by atoms with Crippen LogP contribution in [0.25, 0.3) is 0 Å². The lowest BCUT2D eigenvalue weighted by molar-refractivity contribution is 0.110. The summed E-state index contributed by atoms with van der Waals surface area (Å²) in [4.78, 5) is 2.47. The second-order valence-electron chi connectivity index (χ2n) is 4.55. The Kier molecular flexibility index (Phi) is 3.97. The van der Waals surface area contributed by atoms with Gasteiger partial charge < -0.3 is 5.11 Å². The SMILES string of the molecule is CC[C@@H]1CCCN1[C@@H](CO)c1ccccc1. The maximum absolute atomic E-state index is 9.61. The van der Waals surface area contributed by atoms with E-state index in [9.17, 15) is 5.11 Å². The zero-order valence-corrected chi connectivity index (χ0v) is 9.97. The average Bonchev–Trinajstić information content (AvgIpc) is 2.80. The van der Waals surface area contributed by atoms with Gasteiger partial charge in [0, 0.05) is 6.04 Å². The van der Waals surface area contributed by atoms with Crippen molar-refractivity contribution in [2.45, 2.75) is 38.3 Å². The summed E-state index contributed by atoms with van der Waals surface area (Å²) in [6.07, 6.45) is 3.73. The zero-order chi connectivity index (χ0) is 11.4. The summed E-state index contributed by atoms with van der Waals surface area (Å²) in [6, 6.07) is 11.2. The molecule has 1 saturated heterocycles. The maximum atomic E-state index is 9.61. The van der Waals surface area contributed by atoms with Crippen LogP contribution >= 0.6 is 0 Å². The molecular formula is C14H21NO. The van der Waals surface area contributed by atoms with Gasteiger partial charge >= 0.3 is 0 Å². The smallest absolute Gasteiger partial charge is 0.0628 e. The van der Waals surface area contributed by atoms with Gasteiger partial charge in [0.05, 0.1) is 12.6 Å². The van der Waals surface area contributed by atoms with Crippen molar-refractivity contribution >= 4 is 0 Å². The first-order valence-electron chi connectivity index (χ1n) is 6.28. The monoisotopic (exact) mass is 219 g/mol. The van der Waals surface area contributed by atoms with Gasteiger partial charge in [-0.3, -0.25) is 4.90 Å². The molecule has 0 radical (unpaired) electrons. The van der Waals surface area contributed by atoms with E-state index < -0.39 is 0 Å². The molecule has 2 nitrogen and oxygen atoms in total. The number of aliphatic hydroxyl groups excluding tert-OH is 1. The Labute approximate surface area is 97.9 Å². The molecule has 1 heterocycles. The van der Waals surface area contributed by atoms with Crippen LogP contribution < -0.4 is 0 Å². The predicted octanol–water partition coefficient (Wildman–Crippen LogP) is 2.59. The summed E-state index contributed by atoms with van der Waals surface area (Å²) in [5.41, 5.74) is 1.24. The second-order valence-corrected chi connectivity index (χ2v) is 4.55. The molecular weight excluding hydrogens is 198 g/mol. The standard InChI is InChI=1S/C14H21NO/c1-2-13-9-6-10-15(13)14(11-16)12-7-4-3-5-8-12/h3-5,7-8,13-14,16H,2,6,9-11H2,1H3/t13-,14+/m1/s1. The summed E-state index contributed by atoms with van der Waals surface area (Å²) < 4.78 is 0. The summed E-state index contributed by atoms with van der Waals surface area (Å²) in [7, 11) is 0. The fraction of sp³-hybridized carbons (Fsp3) is 0.571. The molecule has 0 unspecified atom stereocenters. The van der Waals surface area contributed by atoms with Crippen molar-refractivity contribution in [3.8, 4) is 0 Å². The van der Waals surface area contributed by atoms with Gasteiger partial charge in [-0.05, 0) is 31.4 Å². The lowest BCUT2D eigenvalue weighted by Gasteiger charge is -2.31. The molecule has 0 bridgehead atoms. The summed E-state index contributed by atoms with van der Waals surface area (Å²) in [5.74, 6) is 0. The minimum absolute atomic E-state index is 0.189. The molecule has 0 aromatic heterocycles. The third kappa shape index (κ3) is 2.28. The fourth-order valence-corrected chi connectivity index (χ4v) is 2.78. The largest absolute Gasteiger partial charge is 0.394 e. The van der Waals surface area contributed by atoms with Crippen molar-refractivity contribution in [2.24, 2.45) is 0 Å². The molecule has 0 spiro atoms. The summed E-state index contributed by atoms with van der Waals surface area (Å²) in [6.45, 7) is 3.58. The Hall–Kier alpha value is -0.860. The van der Waals surface area contributed by atoms with Crippen LogP contribution in [0, 0.1) is 0 Å². The van der Waals surface area contributed by atoms with Gasteiger partial charge in [-0.25, -0.2) is 0 Å². The molecule has 16 heavy (non-hydrogen) atoms. The van der Waals surface area contributed by atoms with Crippen molar-refractivity contribution < 1.29 is 5.11 Å². The lowest BCUT2D eigenvalue weighted by Crippen LogP contribution is -2.35. The minimum atomic E-state index is 0.189. The summed E-state index contributed by atoms with van der Waals surface area (Å²) >= 11 is 0. The van der Waals surface area contributed by atoms with E-state index in [0.29, 0.717) is 6.04 Å². The van der Waals surface area contributed by atoms with Crippen LogP contribution in [-0.4, -0.2) is 29.2 Å². The van der Waals surface area contributed by atoms with Crippen molar-refractivity contribution in [3.05, 3.63) is 35.9 Å². The van der Waals surface area contributed by atoms with Crippen LogP contribution in [-0.2, 0) is 0 Å². The first-order chi connectivity index (χ1) is 7.86. The highest BCUT2D eigenvalue weighted by Crippen LogP contribution is 2.30. The molecule has 0 saturated carbocycles. The number of likely N-dealkylation sites (tertiary alicyclic amines) is 1. The van der Waals surface area contributed by atoms with Crippen molar-refractivity contribution in [1.82, 2.24) is 4.90 Å². The first kappa shape index (κ1) is 11.6. The highest BCUT2D eigenvalue weighted by molar-refractivity contribution is 5.19. The number of benzene rings is 1. The highest BCUT2D eigenvalue weighted by Gasteiger charge is 2.29. The fourth-order valence-electron chi connectivity index (χ4n) is 2.78. The van der Waals surface area contributed by atoms with Gasteiger partial charge in [0.15, 0.2) is 0 Å². The molecule has 0 amide bonds. The number of aliphatic hydroxyl groups is 1. The minimum Gasteiger partial charge on any atom is -0.394 e. The van der Waals surface area contributed by atoms with Crippen molar-refractivity contribution in [1.29, 1.82) is 0 Å². The molecule has 1 aromatic rings. The normalized spacial score (nSPS) is 23.5. The Morgan fingerprint density at radius 1 is 1.38 bits per heavy atom. The number of rotatable bonds is 4. The van der Waals surface area contributed by atoms with Gasteiger partial charge in [0.25, 0.3) is 0 Å². The molecule has 2 rings (SSSR count). The van der Waals surface area contributed by atoms with E-state index in [4.69, 9.17) is 0 Å². The molecule has 1 fully saturated rings. The predicted molar refractivity (Wildman–Crippen MR) is 66.3 cm³/mol. The first-order valence-corrected chi connectivity index (χ1v) is 6.28. The number of hydrogen-bond donors (Lipinski definition) is 1. The van der Waals surface area contributed by atoms with Gasteiger partial charge in [-0.15, -0.1) is 0 Å². The molecule has 1 aliphatic rings. The highest BCUT2D eigenvalue weighted by atomic mass is 16.3.